The number of aromatic nitrogens is 4. The van der Waals surface area contributed by atoms with Crippen molar-refractivity contribution in [3.8, 4) is 22.6 Å². The minimum Gasteiger partial charge on any atom is -0.349 e. The molecule has 5 aromatic rings. The van der Waals surface area contributed by atoms with Gasteiger partial charge in [0.25, 0.3) is 0 Å². The molecule has 5 nitrogen and oxygen atoms in total. The predicted molar refractivity (Wildman–Crippen MR) is 111 cm³/mol. The zero-order chi connectivity index (χ0) is 18.1. The quantitative estimate of drug-likeness (QED) is 0.449. The van der Waals surface area contributed by atoms with Crippen molar-refractivity contribution in [3.63, 3.8) is 0 Å². The summed E-state index contributed by atoms with van der Waals surface area (Å²) in [4.78, 5) is 16.2. The van der Waals surface area contributed by atoms with Crippen LogP contribution in [-0.4, -0.2) is 19.4 Å². The van der Waals surface area contributed by atoms with Gasteiger partial charge in [0.15, 0.2) is 4.96 Å². The molecule has 5 rings (SSSR count). The molecule has 7 heteroatoms. The van der Waals surface area contributed by atoms with Crippen LogP contribution >= 0.6 is 22.7 Å². The largest absolute Gasteiger partial charge is 0.349 e. The first kappa shape index (κ1) is 16.2. The van der Waals surface area contributed by atoms with Crippen molar-refractivity contribution in [2.75, 3.05) is 5.32 Å². The summed E-state index contributed by atoms with van der Waals surface area (Å²) in [7, 11) is 0. The Labute approximate surface area is 164 Å². The van der Waals surface area contributed by atoms with Gasteiger partial charge in [-0.1, -0.05) is 36.4 Å². The third-order valence-corrected chi connectivity index (χ3v) is 5.84. The number of nitrogens with zero attached hydrogens (tertiary/aromatic N) is 4. The fourth-order valence-corrected chi connectivity index (χ4v) is 4.34. The highest BCUT2D eigenvalue weighted by atomic mass is 32.1. The molecule has 0 unspecified atom stereocenters. The number of anilines is 1. The first-order valence-electron chi connectivity index (χ1n) is 8.49. The van der Waals surface area contributed by atoms with Crippen LogP contribution in [0.5, 0.6) is 0 Å². The molecule has 0 spiro atoms. The van der Waals surface area contributed by atoms with Gasteiger partial charge >= 0.3 is 0 Å². The fraction of sp³-hybridized carbons (Fsp3) is 0.0500. The summed E-state index contributed by atoms with van der Waals surface area (Å²) in [6.07, 6.45) is 3.83. The lowest BCUT2D eigenvalue weighted by Crippen LogP contribution is -2.03. The molecule has 0 atom stereocenters. The normalized spacial score (nSPS) is 11.1. The summed E-state index contributed by atoms with van der Waals surface area (Å²) in [6, 6.07) is 16.3. The first-order valence-corrected chi connectivity index (χ1v) is 10.2. The zero-order valence-electron chi connectivity index (χ0n) is 14.2. The van der Waals surface area contributed by atoms with E-state index in [1.165, 1.54) is 4.88 Å². The molecule has 0 bridgehead atoms. The van der Waals surface area contributed by atoms with Crippen LogP contribution in [0.1, 0.15) is 4.88 Å². The molecule has 1 N–H and O–H groups in total. The second kappa shape index (κ2) is 6.94. The van der Waals surface area contributed by atoms with E-state index in [-0.39, 0.29) is 0 Å². The van der Waals surface area contributed by atoms with Crippen LogP contribution in [0.15, 0.2) is 71.7 Å². The van der Waals surface area contributed by atoms with E-state index in [1.54, 1.807) is 28.9 Å². The average molecular weight is 390 g/mol. The Morgan fingerprint density at radius 2 is 1.85 bits per heavy atom. The van der Waals surface area contributed by atoms with Crippen molar-refractivity contribution in [1.82, 2.24) is 19.4 Å². The topological polar surface area (TPSA) is 55.1 Å². The van der Waals surface area contributed by atoms with Crippen molar-refractivity contribution in [3.05, 3.63) is 76.6 Å². The second-order valence-corrected chi connectivity index (χ2v) is 7.83. The maximum Gasteiger partial charge on any atom is 0.223 e. The zero-order valence-corrected chi connectivity index (χ0v) is 15.9. The number of rotatable bonds is 5. The van der Waals surface area contributed by atoms with E-state index >= 15 is 0 Å². The number of fused-ring (bicyclic) bond motifs is 1. The predicted octanol–water partition coefficient (Wildman–Crippen LogP) is 5.19. The van der Waals surface area contributed by atoms with Gasteiger partial charge in [0.05, 0.1) is 17.9 Å². The summed E-state index contributed by atoms with van der Waals surface area (Å²) in [5, 5.41) is 7.42. The van der Waals surface area contributed by atoms with Crippen LogP contribution in [0.4, 0.5) is 5.95 Å². The van der Waals surface area contributed by atoms with Crippen molar-refractivity contribution in [2.45, 2.75) is 6.54 Å². The standard InChI is InChI=1S/C20H15N5S2/c1-2-5-14(6-3-1)17-18(25-10-12-27-20(25)24-17)16-8-9-21-19(23-16)22-13-15-7-4-11-26-15/h1-12H,13H2,(H,21,22,23). The Morgan fingerprint density at radius 1 is 0.926 bits per heavy atom. The molecular formula is C20H15N5S2. The van der Waals surface area contributed by atoms with Gasteiger partial charge in [-0.2, -0.15) is 0 Å². The molecule has 27 heavy (non-hydrogen) atoms. The third kappa shape index (κ3) is 3.11. The molecule has 4 heterocycles. The van der Waals surface area contributed by atoms with Gasteiger partial charge < -0.3 is 5.32 Å². The number of hydrogen-bond donors (Lipinski definition) is 1. The van der Waals surface area contributed by atoms with Crippen LogP contribution in [-0.2, 0) is 6.54 Å². The van der Waals surface area contributed by atoms with E-state index in [2.05, 4.69) is 38.3 Å². The molecule has 0 radical (unpaired) electrons. The molecule has 1 aromatic carbocycles. The van der Waals surface area contributed by atoms with E-state index in [0.29, 0.717) is 12.5 Å². The minimum atomic E-state index is 0.616. The first-order chi connectivity index (χ1) is 13.4. The fourth-order valence-electron chi connectivity index (χ4n) is 2.98. The lowest BCUT2D eigenvalue weighted by atomic mass is 10.1. The second-order valence-electron chi connectivity index (χ2n) is 5.93. The Hall–Kier alpha value is -3.03. The number of imidazole rings is 1. The molecule has 0 saturated heterocycles. The molecule has 0 aliphatic rings. The van der Waals surface area contributed by atoms with Gasteiger partial charge in [-0.05, 0) is 17.5 Å². The van der Waals surface area contributed by atoms with Gasteiger partial charge in [-0.3, -0.25) is 4.40 Å². The summed E-state index contributed by atoms with van der Waals surface area (Å²) in [5.74, 6) is 0.616. The summed E-state index contributed by atoms with van der Waals surface area (Å²) in [5.41, 5.74) is 3.85. The number of nitrogens with one attached hydrogen (secondary N) is 1. The monoisotopic (exact) mass is 389 g/mol. The van der Waals surface area contributed by atoms with Crippen LogP contribution in [0.25, 0.3) is 27.6 Å². The van der Waals surface area contributed by atoms with Gasteiger partial charge in [0, 0.05) is 28.2 Å². The Morgan fingerprint density at radius 3 is 2.70 bits per heavy atom. The maximum absolute atomic E-state index is 4.84. The highest BCUT2D eigenvalue weighted by Crippen LogP contribution is 2.33. The maximum atomic E-state index is 4.84. The van der Waals surface area contributed by atoms with E-state index < -0.39 is 0 Å². The minimum absolute atomic E-state index is 0.616. The molecule has 0 aliphatic carbocycles. The van der Waals surface area contributed by atoms with Gasteiger partial charge in [-0.25, -0.2) is 15.0 Å². The number of thiazole rings is 1. The smallest absolute Gasteiger partial charge is 0.223 e. The van der Waals surface area contributed by atoms with Crippen molar-refractivity contribution < 1.29 is 0 Å². The van der Waals surface area contributed by atoms with Gasteiger partial charge in [0.2, 0.25) is 5.95 Å². The summed E-state index contributed by atoms with van der Waals surface area (Å²) >= 11 is 3.33. The van der Waals surface area contributed by atoms with E-state index in [0.717, 1.165) is 27.6 Å². The van der Waals surface area contributed by atoms with Gasteiger partial charge in [-0.15, -0.1) is 22.7 Å². The Balaban J connectivity index is 1.57. The summed E-state index contributed by atoms with van der Waals surface area (Å²) in [6.45, 7) is 0.715. The lowest BCUT2D eigenvalue weighted by Gasteiger charge is -2.07. The number of benzene rings is 1. The third-order valence-electron chi connectivity index (χ3n) is 4.21. The van der Waals surface area contributed by atoms with Crippen LogP contribution < -0.4 is 5.32 Å². The van der Waals surface area contributed by atoms with E-state index in [1.807, 2.05) is 41.9 Å². The SMILES string of the molecule is c1ccc(-c2nc3sccn3c2-c2ccnc(NCc3cccs3)n2)cc1. The van der Waals surface area contributed by atoms with E-state index in [9.17, 15) is 0 Å². The molecule has 0 saturated carbocycles. The molecular weight excluding hydrogens is 374 g/mol. The summed E-state index contributed by atoms with van der Waals surface area (Å²) < 4.78 is 2.10. The van der Waals surface area contributed by atoms with E-state index in [4.69, 9.17) is 9.97 Å². The van der Waals surface area contributed by atoms with Gasteiger partial charge in [0.1, 0.15) is 5.69 Å². The van der Waals surface area contributed by atoms with Crippen molar-refractivity contribution in [1.29, 1.82) is 0 Å². The number of hydrogen-bond acceptors (Lipinski definition) is 6. The number of thiophene rings is 1. The molecule has 0 fully saturated rings. The highest BCUT2D eigenvalue weighted by Gasteiger charge is 2.18. The van der Waals surface area contributed by atoms with Crippen LogP contribution in [0, 0.1) is 0 Å². The lowest BCUT2D eigenvalue weighted by molar-refractivity contribution is 1.07. The Bertz CT molecular complexity index is 1180. The molecule has 132 valence electrons. The van der Waals surface area contributed by atoms with Crippen molar-refractivity contribution >= 4 is 33.6 Å². The van der Waals surface area contributed by atoms with Crippen LogP contribution in [0.2, 0.25) is 0 Å². The highest BCUT2D eigenvalue weighted by molar-refractivity contribution is 7.15. The average Bonchev–Trinajstić information content (AvgIpc) is 3.44. The molecule has 0 aliphatic heterocycles. The van der Waals surface area contributed by atoms with Crippen LogP contribution in [0.3, 0.4) is 0 Å². The molecule has 4 aromatic heterocycles. The molecule has 0 amide bonds. The Kier molecular flexibility index (Phi) is 4.16. The van der Waals surface area contributed by atoms with Crippen molar-refractivity contribution in [2.24, 2.45) is 0 Å².